The van der Waals surface area contributed by atoms with E-state index in [9.17, 15) is 4.79 Å². The highest BCUT2D eigenvalue weighted by molar-refractivity contribution is 5.85. The molecule has 0 aromatic heterocycles. The van der Waals surface area contributed by atoms with Crippen molar-refractivity contribution in [3.05, 3.63) is 0 Å². The Morgan fingerprint density at radius 1 is 1.24 bits per heavy atom. The lowest BCUT2D eigenvalue weighted by atomic mass is 10.1. The van der Waals surface area contributed by atoms with E-state index >= 15 is 0 Å². The highest BCUT2D eigenvalue weighted by Gasteiger charge is 2.19. The fraction of sp³-hybridized carbons (Fsp3) is 0.818. The zero-order valence-electron chi connectivity index (χ0n) is 10.7. The Kier molecular flexibility index (Phi) is 4.60. The summed E-state index contributed by atoms with van der Waals surface area (Å²) in [6, 6.07) is -0.254. The number of oxime groups is 1. The molecule has 1 saturated heterocycles. The summed E-state index contributed by atoms with van der Waals surface area (Å²) in [5, 5.41) is 3.55. The molecule has 0 bridgehead atoms. The van der Waals surface area contributed by atoms with Gasteiger partial charge in [0.05, 0.1) is 0 Å². The highest BCUT2D eigenvalue weighted by Crippen LogP contribution is 2.10. The standard InChI is InChI=1S/C11H21N3O3/c1-11(2,3)17-13-9(12)16-10(15)14-7-5-4-6-8-14/h4-8H2,1-3H3,(H2,12,13). The van der Waals surface area contributed by atoms with Crippen LogP contribution in [0.4, 0.5) is 4.79 Å². The van der Waals surface area contributed by atoms with Crippen molar-refractivity contribution in [1.82, 2.24) is 4.90 Å². The van der Waals surface area contributed by atoms with Crippen LogP contribution in [0.1, 0.15) is 40.0 Å². The smallest absolute Gasteiger partial charge is 0.386 e. The maximum Gasteiger partial charge on any atom is 0.417 e. The number of piperidine rings is 1. The molecular weight excluding hydrogens is 222 g/mol. The minimum atomic E-state index is -0.456. The van der Waals surface area contributed by atoms with E-state index in [0.717, 1.165) is 19.3 Å². The molecule has 0 unspecified atom stereocenters. The van der Waals surface area contributed by atoms with Gasteiger partial charge in [-0.2, -0.15) is 0 Å². The summed E-state index contributed by atoms with van der Waals surface area (Å²) in [6.07, 6.45) is 2.71. The molecule has 1 aliphatic heterocycles. The highest BCUT2D eigenvalue weighted by atomic mass is 16.7. The summed E-state index contributed by atoms with van der Waals surface area (Å²) in [6.45, 7) is 6.92. The molecule has 0 atom stereocenters. The third-order valence-electron chi connectivity index (χ3n) is 2.22. The largest absolute Gasteiger partial charge is 0.417 e. The fourth-order valence-corrected chi connectivity index (χ4v) is 1.43. The summed E-state index contributed by atoms with van der Waals surface area (Å²) in [5.74, 6) is 0. The van der Waals surface area contributed by atoms with Gasteiger partial charge in [0.2, 0.25) is 0 Å². The van der Waals surface area contributed by atoms with E-state index in [4.69, 9.17) is 15.3 Å². The third-order valence-corrected chi connectivity index (χ3v) is 2.22. The first-order valence-electron chi connectivity index (χ1n) is 5.87. The Hall–Kier alpha value is -1.46. The lowest BCUT2D eigenvalue weighted by molar-refractivity contribution is -0.00347. The monoisotopic (exact) mass is 243 g/mol. The molecule has 1 heterocycles. The zero-order chi connectivity index (χ0) is 12.9. The zero-order valence-corrected chi connectivity index (χ0v) is 10.7. The molecule has 1 fully saturated rings. The second-order valence-corrected chi connectivity index (χ2v) is 5.05. The van der Waals surface area contributed by atoms with Gasteiger partial charge in [-0.15, -0.1) is 0 Å². The second-order valence-electron chi connectivity index (χ2n) is 5.05. The average molecular weight is 243 g/mol. The Labute approximate surface area is 102 Å². The molecule has 6 heteroatoms. The SMILES string of the molecule is CC(C)(C)ON=C(N)OC(=O)N1CCCCC1. The van der Waals surface area contributed by atoms with E-state index in [1.165, 1.54) is 0 Å². The average Bonchev–Trinajstić information content (AvgIpc) is 2.27. The van der Waals surface area contributed by atoms with Crippen LogP contribution in [-0.2, 0) is 9.57 Å². The van der Waals surface area contributed by atoms with Crippen molar-refractivity contribution in [2.75, 3.05) is 13.1 Å². The fourth-order valence-electron chi connectivity index (χ4n) is 1.43. The molecule has 6 nitrogen and oxygen atoms in total. The van der Waals surface area contributed by atoms with Crippen molar-refractivity contribution >= 4 is 12.1 Å². The number of ether oxygens (including phenoxy) is 1. The predicted octanol–water partition coefficient (Wildman–Crippen LogP) is 1.65. The summed E-state index contributed by atoms with van der Waals surface area (Å²) in [4.78, 5) is 18.3. The van der Waals surface area contributed by atoms with Crippen LogP contribution in [0.25, 0.3) is 0 Å². The Bertz CT molecular complexity index is 291. The molecule has 1 aliphatic rings. The van der Waals surface area contributed by atoms with Crippen molar-refractivity contribution in [1.29, 1.82) is 0 Å². The maximum atomic E-state index is 11.6. The van der Waals surface area contributed by atoms with E-state index < -0.39 is 11.7 Å². The number of carbonyl (C=O) groups excluding carboxylic acids is 1. The van der Waals surface area contributed by atoms with Gasteiger partial charge < -0.3 is 20.2 Å². The molecule has 0 saturated carbocycles. The molecule has 0 spiro atoms. The van der Waals surface area contributed by atoms with Crippen LogP contribution >= 0.6 is 0 Å². The van der Waals surface area contributed by atoms with Crippen LogP contribution in [0.3, 0.4) is 0 Å². The van der Waals surface area contributed by atoms with Gasteiger partial charge in [0, 0.05) is 13.1 Å². The number of hydrogen-bond donors (Lipinski definition) is 1. The van der Waals surface area contributed by atoms with Crippen LogP contribution in [0, 0.1) is 0 Å². The van der Waals surface area contributed by atoms with Gasteiger partial charge in [-0.25, -0.2) is 4.79 Å². The molecule has 2 N–H and O–H groups in total. The number of likely N-dealkylation sites (tertiary alicyclic amines) is 1. The molecule has 98 valence electrons. The van der Waals surface area contributed by atoms with Crippen molar-refractivity contribution < 1.29 is 14.4 Å². The van der Waals surface area contributed by atoms with Crippen LogP contribution in [-0.4, -0.2) is 35.7 Å². The Morgan fingerprint density at radius 3 is 2.35 bits per heavy atom. The van der Waals surface area contributed by atoms with E-state index in [1.807, 2.05) is 20.8 Å². The van der Waals surface area contributed by atoms with Crippen LogP contribution in [0.5, 0.6) is 0 Å². The van der Waals surface area contributed by atoms with E-state index in [1.54, 1.807) is 4.90 Å². The van der Waals surface area contributed by atoms with Crippen LogP contribution in [0.15, 0.2) is 5.16 Å². The molecule has 0 aliphatic carbocycles. The number of amidine groups is 1. The first kappa shape index (κ1) is 13.6. The molecule has 1 amide bonds. The van der Waals surface area contributed by atoms with Crippen molar-refractivity contribution in [2.45, 2.75) is 45.6 Å². The van der Waals surface area contributed by atoms with Gasteiger partial charge in [0.1, 0.15) is 5.60 Å². The number of hydrogen-bond acceptors (Lipinski definition) is 4. The van der Waals surface area contributed by atoms with Gasteiger partial charge in [-0.05, 0) is 45.2 Å². The summed E-state index contributed by atoms with van der Waals surface area (Å²) < 4.78 is 4.88. The summed E-state index contributed by atoms with van der Waals surface area (Å²) in [7, 11) is 0. The molecule has 1 rings (SSSR count). The van der Waals surface area contributed by atoms with E-state index in [-0.39, 0.29) is 6.02 Å². The van der Waals surface area contributed by atoms with Gasteiger partial charge in [-0.3, -0.25) is 0 Å². The Morgan fingerprint density at radius 2 is 1.82 bits per heavy atom. The lowest BCUT2D eigenvalue weighted by Crippen LogP contribution is -2.38. The van der Waals surface area contributed by atoms with Gasteiger partial charge in [0.25, 0.3) is 0 Å². The third kappa shape index (κ3) is 5.42. The first-order valence-corrected chi connectivity index (χ1v) is 5.87. The second kappa shape index (κ2) is 5.75. The quantitative estimate of drug-likeness (QED) is 0.431. The number of nitrogens with two attached hydrogens (primary N) is 1. The first-order chi connectivity index (χ1) is 7.88. The maximum absolute atomic E-state index is 11.6. The Balaban J connectivity index is 2.39. The lowest BCUT2D eigenvalue weighted by Gasteiger charge is -2.25. The normalized spacial score (nSPS) is 17.8. The molecule has 0 radical (unpaired) electrons. The number of nitrogens with zero attached hydrogens (tertiary/aromatic N) is 2. The molecular formula is C11H21N3O3. The number of carbonyl (C=O) groups is 1. The molecule has 0 aromatic rings. The minimum absolute atomic E-state index is 0.254. The summed E-state index contributed by atoms with van der Waals surface area (Å²) in [5.41, 5.74) is 4.99. The van der Waals surface area contributed by atoms with Crippen LogP contribution < -0.4 is 5.73 Å². The van der Waals surface area contributed by atoms with Crippen molar-refractivity contribution in [3.8, 4) is 0 Å². The van der Waals surface area contributed by atoms with Crippen molar-refractivity contribution in [2.24, 2.45) is 10.9 Å². The molecule has 0 aromatic carbocycles. The van der Waals surface area contributed by atoms with E-state index in [2.05, 4.69) is 5.16 Å². The number of amides is 1. The van der Waals surface area contributed by atoms with Gasteiger partial charge in [-0.1, -0.05) is 0 Å². The van der Waals surface area contributed by atoms with Gasteiger partial charge >= 0.3 is 12.1 Å². The topological polar surface area (TPSA) is 77.1 Å². The van der Waals surface area contributed by atoms with Crippen molar-refractivity contribution in [3.63, 3.8) is 0 Å². The number of rotatable bonds is 1. The van der Waals surface area contributed by atoms with Crippen LogP contribution in [0.2, 0.25) is 0 Å². The predicted molar refractivity (Wildman–Crippen MR) is 64.4 cm³/mol. The summed E-state index contributed by atoms with van der Waals surface area (Å²) >= 11 is 0. The minimum Gasteiger partial charge on any atom is -0.386 e. The van der Waals surface area contributed by atoms with Gasteiger partial charge in [0.15, 0.2) is 0 Å². The van der Waals surface area contributed by atoms with E-state index in [0.29, 0.717) is 13.1 Å². The molecule has 17 heavy (non-hydrogen) atoms.